The molecule has 0 aliphatic heterocycles. The Bertz CT molecular complexity index is 491. The highest BCUT2D eigenvalue weighted by Crippen LogP contribution is 2.21. The van der Waals surface area contributed by atoms with Gasteiger partial charge in [-0.05, 0) is 50.9 Å². The van der Waals surface area contributed by atoms with Crippen LogP contribution >= 0.6 is 24.0 Å². The predicted octanol–water partition coefficient (Wildman–Crippen LogP) is 3.31. The number of methoxy groups -OCH3 is 1. The van der Waals surface area contributed by atoms with E-state index in [0.717, 1.165) is 37.8 Å². The van der Waals surface area contributed by atoms with Gasteiger partial charge in [0.05, 0.1) is 7.11 Å². The van der Waals surface area contributed by atoms with Gasteiger partial charge in [0.2, 0.25) is 0 Å². The predicted molar refractivity (Wildman–Crippen MR) is 119 cm³/mol. The van der Waals surface area contributed by atoms with Crippen LogP contribution in [0, 0.1) is 0 Å². The van der Waals surface area contributed by atoms with E-state index in [1.807, 2.05) is 19.2 Å². The normalized spacial score (nSPS) is 12.7. The van der Waals surface area contributed by atoms with E-state index in [4.69, 9.17) is 4.74 Å². The van der Waals surface area contributed by atoms with Crippen molar-refractivity contribution in [2.75, 3.05) is 40.8 Å². The molecule has 0 saturated heterocycles. The van der Waals surface area contributed by atoms with Crippen LogP contribution in [-0.4, -0.2) is 57.7 Å². The summed E-state index contributed by atoms with van der Waals surface area (Å²) < 4.78 is 5.21. The zero-order valence-electron chi connectivity index (χ0n) is 16.5. The van der Waals surface area contributed by atoms with Crippen LogP contribution in [0.15, 0.2) is 29.3 Å². The number of aliphatic imine (C=N–C) groups is 1. The molecule has 0 fully saturated rings. The fourth-order valence-corrected chi connectivity index (χ4v) is 2.34. The van der Waals surface area contributed by atoms with Crippen molar-refractivity contribution in [1.29, 1.82) is 0 Å². The summed E-state index contributed by atoms with van der Waals surface area (Å²) >= 11 is 0. The van der Waals surface area contributed by atoms with E-state index in [1.54, 1.807) is 7.11 Å². The Kier molecular flexibility index (Phi) is 12.7. The lowest BCUT2D eigenvalue weighted by Gasteiger charge is -2.22. The summed E-state index contributed by atoms with van der Waals surface area (Å²) in [5.74, 6) is 2.27. The van der Waals surface area contributed by atoms with Crippen molar-refractivity contribution in [1.82, 2.24) is 15.5 Å². The Hall–Kier alpha value is -1.02. The van der Waals surface area contributed by atoms with E-state index in [2.05, 4.69) is 60.5 Å². The van der Waals surface area contributed by atoms with E-state index < -0.39 is 0 Å². The van der Waals surface area contributed by atoms with E-state index >= 15 is 0 Å². The van der Waals surface area contributed by atoms with Crippen molar-refractivity contribution in [3.63, 3.8) is 0 Å². The Balaban J connectivity index is 0.00000576. The number of halogens is 1. The van der Waals surface area contributed by atoms with Gasteiger partial charge in [-0.15, -0.1) is 24.0 Å². The van der Waals surface area contributed by atoms with Gasteiger partial charge in [0.15, 0.2) is 5.96 Å². The number of nitrogens with zero attached hydrogens (tertiary/aromatic N) is 2. The smallest absolute Gasteiger partial charge is 0.191 e. The van der Waals surface area contributed by atoms with Gasteiger partial charge in [-0.1, -0.05) is 19.1 Å². The zero-order valence-corrected chi connectivity index (χ0v) is 18.8. The second-order valence-electron chi connectivity index (χ2n) is 6.46. The topological polar surface area (TPSA) is 48.9 Å². The first kappa shape index (κ1) is 24.0. The maximum absolute atomic E-state index is 5.21. The fraction of sp³-hybridized carbons (Fsp3) is 0.632. The Morgan fingerprint density at radius 1 is 1.12 bits per heavy atom. The number of likely N-dealkylation sites (N-methyl/N-ethyl adjacent to an activating group) is 1. The minimum atomic E-state index is 0. The van der Waals surface area contributed by atoms with Gasteiger partial charge in [0, 0.05) is 32.7 Å². The Morgan fingerprint density at radius 2 is 1.72 bits per heavy atom. The molecule has 0 spiro atoms. The first-order valence-corrected chi connectivity index (χ1v) is 8.76. The largest absolute Gasteiger partial charge is 0.497 e. The third-order valence-electron chi connectivity index (χ3n) is 4.42. The summed E-state index contributed by atoms with van der Waals surface area (Å²) in [7, 11) is 5.65. The second kappa shape index (κ2) is 13.2. The minimum absolute atomic E-state index is 0. The molecule has 2 N–H and O–H groups in total. The number of hydrogen-bond acceptors (Lipinski definition) is 3. The fourth-order valence-electron chi connectivity index (χ4n) is 2.34. The lowest BCUT2D eigenvalue weighted by atomic mass is 9.98. The van der Waals surface area contributed by atoms with Gasteiger partial charge in [0.1, 0.15) is 5.75 Å². The summed E-state index contributed by atoms with van der Waals surface area (Å²) in [4.78, 5) is 6.59. The highest BCUT2D eigenvalue weighted by Gasteiger charge is 2.07. The van der Waals surface area contributed by atoms with Crippen LogP contribution < -0.4 is 15.4 Å². The third-order valence-corrected chi connectivity index (χ3v) is 4.42. The van der Waals surface area contributed by atoms with Crippen molar-refractivity contribution in [3.05, 3.63) is 29.8 Å². The molecule has 144 valence electrons. The third kappa shape index (κ3) is 9.30. The standard InChI is InChI=1S/C19H34N4O.HI/c1-15(2)23(5)14-13-22-19(20-4)21-12-11-16(3)17-7-9-18(24-6)10-8-17;/h7-10,15-16H,11-14H2,1-6H3,(H2,20,21,22);1H. The molecule has 1 unspecified atom stereocenters. The SMILES string of the molecule is CN=C(NCCC(C)c1ccc(OC)cc1)NCCN(C)C(C)C.I. The first-order chi connectivity index (χ1) is 11.5. The molecular weight excluding hydrogens is 427 g/mol. The first-order valence-electron chi connectivity index (χ1n) is 8.76. The van der Waals surface area contributed by atoms with Crippen LogP contribution in [0.1, 0.15) is 38.7 Å². The van der Waals surface area contributed by atoms with Gasteiger partial charge in [-0.25, -0.2) is 0 Å². The summed E-state index contributed by atoms with van der Waals surface area (Å²) in [5, 5.41) is 6.76. The molecular formula is C19H35IN4O. The summed E-state index contributed by atoms with van der Waals surface area (Å²) in [5.41, 5.74) is 1.33. The van der Waals surface area contributed by atoms with E-state index in [-0.39, 0.29) is 24.0 Å². The molecule has 0 saturated carbocycles. The number of guanidine groups is 1. The van der Waals surface area contributed by atoms with Gasteiger partial charge in [0.25, 0.3) is 0 Å². The molecule has 1 aromatic carbocycles. The molecule has 0 bridgehead atoms. The lowest BCUT2D eigenvalue weighted by molar-refractivity contribution is 0.278. The van der Waals surface area contributed by atoms with Gasteiger partial charge in [-0.2, -0.15) is 0 Å². The molecule has 0 amide bonds. The molecule has 1 rings (SSSR count). The van der Waals surface area contributed by atoms with Crippen LogP contribution in [0.4, 0.5) is 0 Å². The number of nitrogens with one attached hydrogen (secondary N) is 2. The molecule has 5 nitrogen and oxygen atoms in total. The molecule has 25 heavy (non-hydrogen) atoms. The van der Waals surface area contributed by atoms with Crippen molar-refractivity contribution in [2.24, 2.45) is 4.99 Å². The summed E-state index contributed by atoms with van der Waals surface area (Å²) in [6, 6.07) is 8.87. The van der Waals surface area contributed by atoms with Crippen molar-refractivity contribution >= 4 is 29.9 Å². The molecule has 0 radical (unpaired) electrons. The van der Waals surface area contributed by atoms with Crippen LogP contribution in [0.3, 0.4) is 0 Å². The molecule has 1 atom stereocenters. The monoisotopic (exact) mass is 462 g/mol. The van der Waals surface area contributed by atoms with Crippen molar-refractivity contribution in [2.45, 2.75) is 39.2 Å². The van der Waals surface area contributed by atoms with Gasteiger partial charge >= 0.3 is 0 Å². The number of rotatable bonds is 9. The molecule has 0 aliphatic carbocycles. The van der Waals surface area contributed by atoms with Crippen LogP contribution in [-0.2, 0) is 0 Å². The van der Waals surface area contributed by atoms with E-state index in [1.165, 1.54) is 5.56 Å². The van der Waals surface area contributed by atoms with E-state index in [9.17, 15) is 0 Å². The van der Waals surface area contributed by atoms with Gasteiger partial charge in [-0.3, -0.25) is 4.99 Å². The molecule has 6 heteroatoms. The van der Waals surface area contributed by atoms with Crippen LogP contribution in [0.2, 0.25) is 0 Å². The highest BCUT2D eigenvalue weighted by atomic mass is 127. The minimum Gasteiger partial charge on any atom is -0.497 e. The zero-order chi connectivity index (χ0) is 17.9. The molecule has 0 aliphatic rings. The Labute approximate surface area is 170 Å². The molecule has 1 aromatic rings. The summed E-state index contributed by atoms with van der Waals surface area (Å²) in [6.07, 6.45) is 1.05. The highest BCUT2D eigenvalue weighted by molar-refractivity contribution is 14.0. The summed E-state index contributed by atoms with van der Waals surface area (Å²) in [6.45, 7) is 9.44. The lowest BCUT2D eigenvalue weighted by Crippen LogP contribution is -2.42. The van der Waals surface area contributed by atoms with Crippen molar-refractivity contribution < 1.29 is 4.74 Å². The molecule has 0 heterocycles. The average molecular weight is 462 g/mol. The Morgan fingerprint density at radius 3 is 2.24 bits per heavy atom. The maximum atomic E-state index is 5.21. The van der Waals surface area contributed by atoms with Crippen molar-refractivity contribution in [3.8, 4) is 5.75 Å². The molecule has 0 aromatic heterocycles. The number of benzene rings is 1. The van der Waals surface area contributed by atoms with Crippen LogP contribution in [0.25, 0.3) is 0 Å². The number of hydrogen-bond donors (Lipinski definition) is 2. The van der Waals surface area contributed by atoms with Gasteiger partial charge < -0.3 is 20.3 Å². The van der Waals surface area contributed by atoms with E-state index in [0.29, 0.717) is 12.0 Å². The quantitative estimate of drug-likeness (QED) is 0.336. The number of ether oxygens (including phenoxy) is 1. The second-order valence-corrected chi connectivity index (χ2v) is 6.46. The van der Waals surface area contributed by atoms with Crippen LogP contribution in [0.5, 0.6) is 5.75 Å². The maximum Gasteiger partial charge on any atom is 0.191 e. The average Bonchev–Trinajstić information content (AvgIpc) is 2.59.